The monoisotopic (exact) mass is 327 g/mol. The van der Waals surface area contributed by atoms with Gasteiger partial charge in [0.2, 0.25) is 0 Å². The van der Waals surface area contributed by atoms with Gasteiger partial charge in [-0.3, -0.25) is 4.79 Å². The molecule has 0 amide bonds. The van der Waals surface area contributed by atoms with Crippen LogP contribution < -0.4 is 0 Å². The molecule has 0 aliphatic heterocycles. The number of carbonyl (C=O) groups is 1. The predicted octanol–water partition coefficient (Wildman–Crippen LogP) is 4.99. The fourth-order valence-electron chi connectivity index (χ4n) is 1.74. The summed E-state index contributed by atoms with van der Waals surface area (Å²) in [6.07, 6.45) is 0. The molecule has 0 spiro atoms. The van der Waals surface area contributed by atoms with Gasteiger partial charge in [-0.15, -0.1) is 11.3 Å². The average molecular weight is 328 g/mol. The number of benzene rings is 1. The second-order valence-corrected chi connectivity index (χ2v) is 5.80. The van der Waals surface area contributed by atoms with Gasteiger partial charge in [0.25, 0.3) is 0 Å². The summed E-state index contributed by atoms with van der Waals surface area (Å²) < 4.78 is 14.0. The fraction of sp³-hybridized carbons (Fsp3) is 0.143. The third-order valence-corrected chi connectivity index (χ3v) is 4.81. The molecule has 0 aliphatic rings. The molecular formula is C14H8Cl2FNOS. The summed E-state index contributed by atoms with van der Waals surface area (Å²) in [6, 6.07) is 6.06. The van der Waals surface area contributed by atoms with Crippen LogP contribution in [-0.2, 0) is 0 Å². The van der Waals surface area contributed by atoms with E-state index in [4.69, 9.17) is 23.2 Å². The summed E-state index contributed by atoms with van der Waals surface area (Å²) in [5, 5.41) is 11.1. The summed E-state index contributed by atoms with van der Waals surface area (Å²) in [4.78, 5) is 12.6. The van der Waals surface area contributed by atoms with Crippen LogP contribution in [0.3, 0.4) is 0 Å². The molecule has 1 aromatic carbocycles. The van der Waals surface area contributed by atoms with Crippen LogP contribution in [0, 0.1) is 24.1 Å². The van der Waals surface area contributed by atoms with Gasteiger partial charge in [-0.25, -0.2) is 4.39 Å². The summed E-state index contributed by atoms with van der Waals surface area (Å²) >= 11 is 12.9. The first kappa shape index (κ1) is 15.0. The Labute approximate surface area is 129 Å². The Bertz CT molecular complexity index is 720. The molecule has 1 aromatic heterocycles. The number of thiophene rings is 1. The second-order valence-electron chi connectivity index (χ2n) is 4.13. The lowest BCUT2D eigenvalue weighted by atomic mass is 9.94. The van der Waals surface area contributed by atoms with Gasteiger partial charge in [-0.1, -0.05) is 35.3 Å². The Balaban J connectivity index is 2.49. The number of ketones is 1. The van der Waals surface area contributed by atoms with E-state index in [-0.39, 0.29) is 15.5 Å². The van der Waals surface area contributed by atoms with E-state index < -0.39 is 17.5 Å². The minimum Gasteiger partial charge on any atom is -0.291 e. The van der Waals surface area contributed by atoms with Crippen LogP contribution in [-0.4, -0.2) is 5.78 Å². The molecule has 0 saturated heterocycles. The Kier molecular flexibility index (Phi) is 4.44. The summed E-state index contributed by atoms with van der Waals surface area (Å²) in [5.41, 5.74) is 0.718. The summed E-state index contributed by atoms with van der Waals surface area (Å²) in [5.74, 6) is -2.53. The Morgan fingerprint density at radius 2 is 2.15 bits per heavy atom. The smallest absolute Gasteiger partial charge is 0.195 e. The Morgan fingerprint density at radius 1 is 1.45 bits per heavy atom. The van der Waals surface area contributed by atoms with Crippen molar-refractivity contribution in [2.45, 2.75) is 12.8 Å². The first-order valence-electron chi connectivity index (χ1n) is 5.58. The minimum absolute atomic E-state index is 0.0351. The van der Waals surface area contributed by atoms with E-state index >= 15 is 0 Å². The second kappa shape index (κ2) is 5.92. The number of nitriles is 1. The highest BCUT2D eigenvalue weighted by Gasteiger charge is 2.28. The van der Waals surface area contributed by atoms with Gasteiger partial charge in [0.05, 0.1) is 21.0 Å². The Morgan fingerprint density at radius 3 is 2.70 bits per heavy atom. The molecule has 0 aliphatic carbocycles. The van der Waals surface area contributed by atoms with Crippen LogP contribution in [0.2, 0.25) is 10.0 Å². The van der Waals surface area contributed by atoms with Gasteiger partial charge in [0, 0.05) is 5.56 Å². The number of nitrogens with zero attached hydrogens (tertiary/aromatic N) is 1. The zero-order valence-corrected chi connectivity index (χ0v) is 12.6. The van der Waals surface area contributed by atoms with Crippen LogP contribution in [0.25, 0.3) is 0 Å². The maximum atomic E-state index is 14.0. The molecule has 2 aromatic rings. The number of halogens is 3. The molecule has 102 valence electrons. The fourth-order valence-corrected chi connectivity index (χ4v) is 3.18. The van der Waals surface area contributed by atoms with Crippen LogP contribution in [0.5, 0.6) is 0 Å². The lowest BCUT2D eigenvalue weighted by molar-refractivity contribution is 0.0981. The zero-order chi connectivity index (χ0) is 14.9. The van der Waals surface area contributed by atoms with Crippen LogP contribution in [0.1, 0.15) is 26.7 Å². The van der Waals surface area contributed by atoms with Crippen LogP contribution in [0.15, 0.2) is 23.6 Å². The molecule has 2 rings (SSSR count). The van der Waals surface area contributed by atoms with Crippen molar-refractivity contribution >= 4 is 40.3 Å². The molecule has 1 heterocycles. The number of aryl methyl sites for hydroxylation is 1. The molecular weight excluding hydrogens is 320 g/mol. The van der Waals surface area contributed by atoms with Crippen molar-refractivity contribution in [1.29, 1.82) is 5.26 Å². The first-order chi connectivity index (χ1) is 9.47. The molecule has 6 heteroatoms. The topological polar surface area (TPSA) is 40.9 Å². The molecule has 0 fully saturated rings. The maximum absolute atomic E-state index is 14.0. The van der Waals surface area contributed by atoms with Gasteiger partial charge in [-0.05, 0) is 23.9 Å². The van der Waals surface area contributed by atoms with Gasteiger partial charge >= 0.3 is 0 Å². The number of carbonyl (C=O) groups excluding carboxylic acids is 1. The summed E-state index contributed by atoms with van der Waals surface area (Å²) in [6.45, 7) is 1.76. The van der Waals surface area contributed by atoms with E-state index in [1.807, 2.05) is 6.07 Å². The summed E-state index contributed by atoms with van der Waals surface area (Å²) in [7, 11) is 0. The van der Waals surface area contributed by atoms with E-state index in [9.17, 15) is 14.4 Å². The van der Waals surface area contributed by atoms with Crippen molar-refractivity contribution in [3.8, 4) is 6.07 Å². The van der Waals surface area contributed by atoms with E-state index in [0.29, 0.717) is 5.02 Å². The molecule has 2 nitrogen and oxygen atoms in total. The normalized spacial score (nSPS) is 11.9. The number of rotatable bonds is 3. The first-order valence-corrected chi connectivity index (χ1v) is 7.22. The van der Waals surface area contributed by atoms with Crippen molar-refractivity contribution in [1.82, 2.24) is 0 Å². The van der Waals surface area contributed by atoms with Gasteiger partial charge in [0.1, 0.15) is 11.7 Å². The van der Waals surface area contributed by atoms with Gasteiger partial charge in [-0.2, -0.15) is 5.26 Å². The molecule has 20 heavy (non-hydrogen) atoms. The largest absolute Gasteiger partial charge is 0.291 e. The third kappa shape index (κ3) is 2.57. The third-order valence-electron chi connectivity index (χ3n) is 2.81. The number of hydrogen-bond acceptors (Lipinski definition) is 3. The van der Waals surface area contributed by atoms with E-state index in [0.717, 1.165) is 16.9 Å². The standard InChI is InChI=1S/C14H8Cl2FNOS/c1-7-6-20-14(11(7)16)13(19)9(5-18)8-3-2-4-10(15)12(8)17/h2-4,6,9H,1H3. The lowest BCUT2D eigenvalue weighted by Gasteiger charge is -2.09. The molecule has 1 atom stereocenters. The van der Waals surface area contributed by atoms with Crippen LogP contribution in [0.4, 0.5) is 4.39 Å². The van der Waals surface area contributed by atoms with E-state index in [2.05, 4.69) is 0 Å². The van der Waals surface area contributed by atoms with Crippen molar-refractivity contribution in [3.05, 3.63) is 55.4 Å². The van der Waals surface area contributed by atoms with Gasteiger partial charge in [0.15, 0.2) is 5.78 Å². The molecule has 0 N–H and O–H groups in total. The highest BCUT2D eigenvalue weighted by molar-refractivity contribution is 7.13. The highest BCUT2D eigenvalue weighted by Crippen LogP contribution is 2.33. The minimum atomic E-state index is -1.26. The van der Waals surface area contributed by atoms with Crippen molar-refractivity contribution in [3.63, 3.8) is 0 Å². The maximum Gasteiger partial charge on any atom is 0.195 e. The Hall–Kier alpha value is -1.41. The SMILES string of the molecule is Cc1csc(C(=O)C(C#N)c2cccc(Cl)c2F)c1Cl. The molecule has 0 radical (unpaired) electrons. The van der Waals surface area contributed by atoms with E-state index in [1.165, 1.54) is 18.2 Å². The van der Waals surface area contributed by atoms with Gasteiger partial charge < -0.3 is 0 Å². The van der Waals surface area contributed by atoms with Crippen LogP contribution >= 0.6 is 34.5 Å². The lowest BCUT2D eigenvalue weighted by Crippen LogP contribution is -2.12. The van der Waals surface area contributed by atoms with Crippen molar-refractivity contribution in [2.75, 3.05) is 0 Å². The highest BCUT2D eigenvalue weighted by atomic mass is 35.5. The molecule has 0 bridgehead atoms. The average Bonchev–Trinajstić information content (AvgIpc) is 2.75. The molecule has 0 saturated carbocycles. The van der Waals surface area contributed by atoms with Crippen molar-refractivity contribution in [2.24, 2.45) is 0 Å². The van der Waals surface area contributed by atoms with E-state index in [1.54, 1.807) is 12.3 Å². The van der Waals surface area contributed by atoms with Crippen molar-refractivity contribution < 1.29 is 9.18 Å². The number of Topliss-reactive ketones (excluding diaryl/α,β-unsaturated/α-hetero) is 1. The molecule has 1 unspecified atom stereocenters. The quantitative estimate of drug-likeness (QED) is 0.745. The predicted molar refractivity (Wildman–Crippen MR) is 78.2 cm³/mol. The zero-order valence-electron chi connectivity index (χ0n) is 10.3. The number of hydrogen-bond donors (Lipinski definition) is 0.